The Morgan fingerprint density at radius 1 is 1.24 bits per heavy atom. The first-order chi connectivity index (χ1) is 11.8. The summed E-state index contributed by atoms with van der Waals surface area (Å²) in [5.41, 5.74) is 1.65. The highest BCUT2D eigenvalue weighted by molar-refractivity contribution is 5.67. The summed E-state index contributed by atoms with van der Waals surface area (Å²) < 4.78 is 10.5. The smallest absolute Gasteiger partial charge is 0.407 e. The number of carbonyl (C=O) groups excluding carboxylic acids is 1. The summed E-state index contributed by atoms with van der Waals surface area (Å²) in [6.07, 6.45) is 1.96. The van der Waals surface area contributed by atoms with Crippen molar-refractivity contribution >= 4 is 11.8 Å². The van der Waals surface area contributed by atoms with Gasteiger partial charge in [0.1, 0.15) is 5.60 Å². The Morgan fingerprint density at radius 2 is 1.92 bits per heavy atom. The molecular formula is C19H32N2O4. The lowest BCUT2D eigenvalue weighted by Crippen LogP contribution is -2.33. The van der Waals surface area contributed by atoms with Crippen LogP contribution in [0.15, 0.2) is 24.3 Å². The molecule has 1 amide bonds. The molecule has 0 aromatic heterocycles. The number of rotatable bonds is 10. The first kappa shape index (κ1) is 21.3. The van der Waals surface area contributed by atoms with Gasteiger partial charge in [-0.2, -0.15) is 0 Å². The Hall–Kier alpha value is -1.79. The van der Waals surface area contributed by atoms with Gasteiger partial charge in [-0.15, -0.1) is 0 Å². The predicted molar refractivity (Wildman–Crippen MR) is 100.0 cm³/mol. The van der Waals surface area contributed by atoms with Crippen molar-refractivity contribution in [2.45, 2.75) is 51.7 Å². The molecule has 6 nitrogen and oxygen atoms in total. The van der Waals surface area contributed by atoms with E-state index in [1.54, 1.807) is 7.11 Å². The van der Waals surface area contributed by atoms with Gasteiger partial charge >= 0.3 is 6.09 Å². The van der Waals surface area contributed by atoms with Crippen LogP contribution in [0.25, 0.3) is 0 Å². The topological polar surface area (TPSA) is 79.8 Å². The number of aliphatic hydroxyl groups is 1. The molecule has 0 bridgehead atoms. The van der Waals surface area contributed by atoms with Gasteiger partial charge in [0.05, 0.1) is 6.61 Å². The highest BCUT2D eigenvalue weighted by Crippen LogP contribution is 2.13. The third kappa shape index (κ3) is 9.94. The van der Waals surface area contributed by atoms with E-state index in [-0.39, 0.29) is 18.7 Å². The minimum absolute atomic E-state index is 0.156. The van der Waals surface area contributed by atoms with Crippen molar-refractivity contribution in [1.29, 1.82) is 0 Å². The molecule has 1 rings (SSSR count). The zero-order chi connectivity index (χ0) is 18.7. The van der Waals surface area contributed by atoms with Gasteiger partial charge in [-0.05, 0) is 57.7 Å². The number of aliphatic hydroxyl groups excluding tert-OH is 1. The second-order valence-corrected chi connectivity index (χ2v) is 7.04. The van der Waals surface area contributed by atoms with Gasteiger partial charge in [-0.1, -0.05) is 12.1 Å². The summed E-state index contributed by atoms with van der Waals surface area (Å²) in [7, 11) is 1.68. The number of hydrogen-bond acceptors (Lipinski definition) is 5. The molecule has 0 saturated carbocycles. The molecular weight excluding hydrogens is 320 g/mol. The Labute approximate surface area is 150 Å². The number of methoxy groups -OCH3 is 1. The molecule has 0 aliphatic heterocycles. The second-order valence-electron chi connectivity index (χ2n) is 7.04. The maximum absolute atomic E-state index is 11.6. The third-order valence-corrected chi connectivity index (χ3v) is 3.49. The minimum Gasteiger partial charge on any atom is -0.444 e. The number of nitrogens with one attached hydrogen (secondary N) is 2. The van der Waals surface area contributed by atoms with E-state index >= 15 is 0 Å². The third-order valence-electron chi connectivity index (χ3n) is 3.49. The molecule has 0 heterocycles. The van der Waals surface area contributed by atoms with Crippen LogP contribution in [0.5, 0.6) is 0 Å². The first-order valence-electron chi connectivity index (χ1n) is 8.76. The number of carbonyl (C=O) groups is 1. The van der Waals surface area contributed by atoms with Crippen LogP contribution in [0.4, 0.5) is 10.5 Å². The van der Waals surface area contributed by atoms with Gasteiger partial charge in [0.2, 0.25) is 0 Å². The van der Waals surface area contributed by atoms with E-state index in [4.69, 9.17) is 14.6 Å². The summed E-state index contributed by atoms with van der Waals surface area (Å²) in [5, 5.41) is 15.2. The van der Waals surface area contributed by atoms with E-state index in [0.717, 1.165) is 24.1 Å². The van der Waals surface area contributed by atoms with E-state index in [9.17, 15) is 4.79 Å². The van der Waals surface area contributed by atoms with E-state index < -0.39 is 5.60 Å². The average molecular weight is 352 g/mol. The molecule has 0 spiro atoms. The Kier molecular flexibility index (Phi) is 9.31. The molecule has 0 radical (unpaired) electrons. The Balaban J connectivity index is 2.37. The predicted octanol–water partition coefficient (Wildman–Crippen LogP) is 2.95. The van der Waals surface area contributed by atoms with Crippen molar-refractivity contribution in [3.63, 3.8) is 0 Å². The van der Waals surface area contributed by atoms with Crippen molar-refractivity contribution in [2.75, 3.05) is 32.2 Å². The van der Waals surface area contributed by atoms with Crippen LogP contribution in [0.2, 0.25) is 0 Å². The lowest BCUT2D eigenvalue weighted by Gasteiger charge is -2.21. The summed E-state index contributed by atoms with van der Waals surface area (Å²) in [5.74, 6) is 0. The van der Waals surface area contributed by atoms with E-state index in [1.165, 1.54) is 0 Å². The number of anilines is 1. The Bertz CT molecular complexity index is 497. The SMILES string of the molecule is COCC(CCCNC(=O)OC(C)(C)C)Nc1ccc(CCO)cc1. The monoisotopic (exact) mass is 352 g/mol. The van der Waals surface area contributed by atoms with Gasteiger partial charge in [-0.3, -0.25) is 0 Å². The zero-order valence-electron chi connectivity index (χ0n) is 15.8. The molecule has 0 aliphatic rings. The molecule has 1 aromatic carbocycles. The van der Waals surface area contributed by atoms with Gasteiger partial charge in [0, 0.05) is 32.0 Å². The molecule has 25 heavy (non-hydrogen) atoms. The molecule has 6 heteroatoms. The molecule has 142 valence electrons. The minimum atomic E-state index is -0.480. The molecule has 1 aromatic rings. The van der Waals surface area contributed by atoms with E-state index in [1.807, 2.05) is 45.0 Å². The van der Waals surface area contributed by atoms with Crippen molar-refractivity contribution < 1.29 is 19.4 Å². The largest absolute Gasteiger partial charge is 0.444 e. The normalized spacial score (nSPS) is 12.5. The average Bonchev–Trinajstić information content (AvgIpc) is 2.52. The van der Waals surface area contributed by atoms with Crippen LogP contribution < -0.4 is 10.6 Å². The molecule has 3 N–H and O–H groups in total. The van der Waals surface area contributed by atoms with Crippen LogP contribution in [0, 0.1) is 0 Å². The number of hydrogen-bond donors (Lipinski definition) is 3. The fourth-order valence-electron chi connectivity index (χ4n) is 2.38. The number of ether oxygens (including phenoxy) is 2. The summed E-state index contributed by atoms with van der Waals surface area (Å²) in [4.78, 5) is 11.6. The van der Waals surface area contributed by atoms with Crippen molar-refractivity contribution in [3.8, 4) is 0 Å². The molecule has 0 fully saturated rings. The highest BCUT2D eigenvalue weighted by Gasteiger charge is 2.15. The van der Waals surface area contributed by atoms with Crippen LogP contribution in [0.3, 0.4) is 0 Å². The molecule has 0 saturated heterocycles. The first-order valence-corrected chi connectivity index (χ1v) is 8.76. The van der Waals surface area contributed by atoms with Crippen molar-refractivity contribution in [3.05, 3.63) is 29.8 Å². The fraction of sp³-hybridized carbons (Fsp3) is 0.632. The number of benzene rings is 1. The quantitative estimate of drug-likeness (QED) is 0.564. The summed E-state index contributed by atoms with van der Waals surface area (Å²) >= 11 is 0. The van der Waals surface area contributed by atoms with Crippen molar-refractivity contribution in [2.24, 2.45) is 0 Å². The molecule has 1 unspecified atom stereocenters. The maximum Gasteiger partial charge on any atom is 0.407 e. The fourth-order valence-corrected chi connectivity index (χ4v) is 2.38. The van der Waals surface area contributed by atoms with Crippen LogP contribution in [0.1, 0.15) is 39.2 Å². The summed E-state index contributed by atoms with van der Waals surface area (Å²) in [6, 6.07) is 8.19. The van der Waals surface area contributed by atoms with Crippen LogP contribution >= 0.6 is 0 Å². The van der Waals surface area contributed by atoms with Gasteiger partial charge in [0.15, 0.2) is 0 Å². The molecule has 0 aliphatic carbocycles. The van der Waals surface area contributed by atoms with Crippen LogP contribution in [-0.2, 0) is 15.9 Å². The Morgan fingerprint density at radius 3 is 2.48 bits per heavy atom. The standard InChI is InChI=1S/C19H32N2O4/c1-19(2,3)25-18(23)20-12-5-6-17(14-24-4)21-16-9-7-15(8-10-16)11-13-22/h7-10,17,21-22H,5-6,11-14H2,1-4H3,(H,20,23). The van der Waals surface area contributed by atoms with Crippen molar-refractivity contribution in [1.82, 2.24) is 5.32 Å². The van der Waals surface area contributed by atoms with Crippen LogP contribution in [-0.4, -0.2) is 49.7 Å². The lowest BCUT2D eigenvalue weighted by molar-refractivity contribution is 0.0526. The van der Waals surface area contributed by atoms with Gasteiger partial charge in [-0.25, -0.2) is 4.79 Å². The molecule has 1 atom stereocenters. The second kappa shape index (κ2) is 10.9. The summed E-state index contributed by atoms with van der Waals surface area (Å²) in [6.45, 7) is 6.84. The highest BCUT2D eigenvalue weighted by atomic mass is 16.6. The van der Waals surface area contributed by atoms with E-state index in [0.29, 0.717) is 19.6 Å². The van der Waals surface area contributed by atoms with Gasteiger partial charge in [0.25, 0.3) is 0 Å². The maximum atomic E-state index is 11.6. The van der Waals surface area contributed by atoms with Gasteiger partial charge < -0.3 is 25.2 Å². The zero-order valence-corrected chi connectivity index (χ0v) is 15.8. The lowest BCUT2D eigenvalue weighted by atomic mass is 10.1. The number of amides is 1. The van der Waals surface area contributed by atoms with E-state index in [2.05, 4.69) is 10.6 Å². The number of alkyl carbamates (subject to hydrolysis) is 1.